The molecule has 1 aliphatic heterocycles. The molecule has 5 rings (SSSR count). The largest absolute Gasteiger partial charge is 0.341 e. The average Bonchev–Trinajstić information content (AvgIpc) is 3.49. The van der Waals surface area contributed by atoms with Crippen molar-refractivity contribution in [3.05, 3.63) is 71.6 Å². The number of halogens is 1. The second kappa shape index (κ2) is 9.36. The van der Waals surface area contributed by atoms with E-state index in [1.807, 2.05) is 52.1 Å². The zero-order chi connectivity index (χ0) is 23.7. The highest BCUT2D eigenvalue weighted by molar-refractivity contribution is 7.93. The van der Waals surface area contributed by atoms with Gasteiger partial charge in [0.15, 0.2) is 0 Å². The maximum Gasteiger partial charge on any atom is 0.263 e. The molecule has 2 aromatic carbocycles. The topological polar surface area (TPSA) is 97.2 Å². The van der Waals surface area contributed by atoms with Crippen molar-refractivity contribution in [2.75, 3.05) is 17.8 Å². The first-order chi connectivity index (χ1) is 16.4. The third-order valence-corrected chi connectivity index (χ3v) is 8.43. The Morgan fingerprint density at radius 3 is 2.62 bits per heavy atom. The number of sulfonamides is 1. The van der Waals surface area contributed by atoms with Gasteiger partial charge < -0.3 is 9.47 Å². The van der Waals surface area contributed by atoms with Crippen LogP contribution in [0.4, 0.5) is 5.13 Å². The molecular formula is C23H24ClN5O3S2. The number of fused-ring (bicyclic) bond motifs is 1. The van der Waals surface area contributed by atoms with Crippen LogP contribution in [0.1, 0.15) is 25.7 Å². The maximum atomic E-state index is 12.9. The van der Waals surface area contributed by atoms with Crippen LogP contribution in [0.2, 0.25) is 5.02 Å². The van der Waals surface area contributed by atoms with Crippen molar-refractivity contribution >= 4 is 55.1 Å². The summed E-state index contributed by atoms with van der Waals surface area (Å²) in [5, 5.41) is 1.94. The van der Waals surface area contributed by atoms with Crippen LogP contribution in [0, 0.1) is 0 Å². The van der Waals surface area contributed by atoms with Crippen molar-refractivity contribution in [3.63, 3.8) is 0 Å². The van der Waals surface area contributed by atoms with E-state index in [4.69, 9.17) is 11.6 Å². The number of piperidine rings is 1. The number of nitrogens with zero attached hydrogens (tertiary/aromatic N) is 4. The molecule has 8 nitrogen and oxygen atoms in total. The number of rotatable bonds is 6. The van der Waals surface area contributed by atoms with Crippen LogP contribution >= 0.6 is 23.1 Å². The number of hydrogen-bond acceptors (Lipinski definition) is 6. The van der Waals surface area contributed by atoms with E-state index in [-0.39, 0.29) is 29.8 Å². The number of carbonyl (C=O) groups excluding carboxylic acids is 1. The van der Waals surface area contributed by atoms with Crippen LogP contribution in [0.15, 0.2) is 66.0 Å². The van der Waals surface area contributed by atoms with E-state index in [1.54, 1.807) is 12.1 Å². The standard InChI is InChI=1S/C23H22ClN5O3S2.H2/c24-19-4-1-18-9-12-29(21(18)13-19)14-22(30)28-10-7-17(8-11-28)16-2-5-20(6-3-16)34(31,32)27-23-25-15-26-33-23;/h1-6,9,12-13,15,17H,7-8,10-11,14H2,(H,25,26,27);1H. The summed E-state index contributed by atoms with van der Waals surface area (Å²) in [5.74, 6) is 0.364. The molecule has 1 aliphatic rings. The van der Waals surface area contributed by atoms with Gasteiger partial charge in [0, 0.05) is 42.8 Å². The Balaban J connectivity index is 0.00000289. The summed E-state index contributed by atoms with van der Waals surface area (Å²) in [6.07, 6.45) is 4.89. The number of amides is 1. The summed E-state index contributed by atoms with van der Waals surface area (Å²) >= 11 is 7.11. The van der Waals surface area contributed by atoms with E-state index >= 15 is 0 Å². The molecule has 2 aromatic heterocycles. The molecule has 1 N–H and O–H groups in total. The van der Waals surface area contributed by atoms with Crippen LogP contribution < -0.4 is 4.72 Å². The lowest BCUT2D eigenvalue weighted by molar-refractivity contribution is -0.132. The van der Waals surface area contributed by atoms with Gasteiger partial charge in [0.05, 0.1) is 4.90 Å². The molecule has 0 saturated carbocycles. The molecule has 4 aromatic rings. The predicted molar refractivity (Wildman–Crippen MR) is 135 cm³/mol. The highest BCUT2D eigenvalue weighted by Crippen LogP contribution is 2.29. The van der Waals surface area contributed by atoms with Gasteiger partial charge in [-0.3, -0.25) is 9.52 Å². The van der Waals surface area contributed by atoms with Crippen molar-refractivity contribution in [1.29, 1.82) is 0 Å². The molecule has 3 heterocycles. The molecule has 0 atom stereocenters. The zero-order valence-corrected chi connectivity index (χ0v) is 20.5. The molecule has 1 saturated heterocycles. The van der Waals surface area contributed by atoms with E-state index < -0.39 is 10.0 Å². The molecule has 0 bridgehead atoms. The Labute approximate surface area is 207 Å². The summed E-state index contributed by atoms with van der Waals surface area (Å²) in [6, 6.07) is 14.6. The van der Waals surface area contributed by atoms with Gasteiger partial charge in [-0.1, -0.05) is 29.8 Å². The number of benzene rings is 2. The molecule has 178 valence electrons. The minimum Gasteiger partial charge on any atom is -0.341 e. The lowest BCUT2D eigenvalue weighted by Gasteiger charge is -2.32. The van der Waals surface area contributed by atoms with Gasteiger partial charge in [-0.25, -0.2) is 13.4 Å². The monoisotopic (exact) mass is 517 g/mol. The Bertz CT molecular complexity index is 1420. The summed E-state index contributed by atoms with van der Waals surface area (Å²) in [5.41, 5.74) is 2.03. The second-order valence-corrected chi connectivity index (χ2v) is 11.1. The fourth-order valence-electron chi connectivity index (χ4n) is 4.31. The molecule has 11 heteroatoms. The van der Waals surface area contributed by atoms with E-state index in [2.05, 4.69) is 14.1 Å². The summed E-state index contributed by atoms with van der Waals surface area (Å²) < 4.78 is 33.2. The van der Waals surface area contributed by atoms with Gasteiger partial charge in [-0.05, 0) is 60.0 Å². The van der Waals surface area contributed by atoms with Gasteiger partial charge in [0.25, 0.3) is 10.0 Å². The van der Waals surface area contributed by atoms with Gasteiger partial charge in [0.2, 0.25) is 11.0 Å². The van der Waals surface area contributed by atoms with Crippen molar-refractivity contribution in [1.82, 2.24) is 18.8 Å². The summed E-state index contributed by atoms with van der Waals surface area (Å²) in [4.78, 5) is 18.9. The maximum absolute atomic E-state index is 12.9. The highest BCUT2D eigenvalue weighted by atomic mass is 35.5. The normalized spacial score (nSPS) is 15.0. The van der Waals surface area contributed by atoms with E-state index in [0.717, 1.165) is 40.8 Å². The summed E-state index contributed by atoms with van der Waals surface area (Å²) in [6.45, 7) is 1.62. The van der Waals surface area contributed by atoms with E-state index in [9.17, 15) is 13.2 Å². The number of nitrogens with one attached hydrogen (secondary N) is 1. The average molecular weight is 518 g/mol. The Kier molecular flexibility index (Phi) is 6.28. The fourth-order valence-corrected chi connectivity index (χ4v) is 6.14. The molecule has 1 amide bonds. The van der Waals surface area contributed by atoms with Crippen molar-refractivity contribution < 1.29 is 14.6 Å². The van der Waals surface area contributed by atoms with Crippen LogP contribution in [-0.4, -0.2) is 46.2 Å². The van der Waals surface area contributed by atoms with E-state index in [0.29, 0.717) is 18.1 Å². The Morgan fingerprint density at radius 2 is 1.91 bits per heavy atom. The first kappa shape index (κ1) is 22.8. The minimum atomic E-state index is -3.70. The second-order valence-electron chi connectivity index (χ2n) is 8.22. The number of aromatic nitrogens is 3. The molecular weight excluding hydrogens is 494 g/mol. The number of likely N-dealkylation sites (tertiary alicyclic amines) is 1. The SMILES string of the molecule is O=C(Cn1ccc2ccc(Cl)cc21)N1CCC(c2ccc(S(=O)(=O)Nc3ncns3)cc2)CC1.[HH]. The third-order valence-electron chi connectivity index (χ3n) is 6.13. The van der Waals surface area contributed by atoms with Crippen molar-refractivity contribution in [2.45, 2.75) is 30.2 Å². The Morgan fingerprint density at radius 1 is 1.15 bits per heavy atom. The summed E-state index contributed by atoms with van der Waals surface area (Å²) in [7, 11) is -3.70. The molecule has 0 aliphatic carbocycles. The van der Waals surface area contributed by atoms with Crippen LogP contribution in [0.3, 0.4) is 0 Å². The first-order valence-electron chi connectivity index (χ1n) is 10.8. The molecule has 0 unspecified atom stereocenters. The third kappa shape index (κ3) is 4.79. The number of hydrogen-bond donors (Lipinski definition) is 1. The van der Waals surface area contributed by atoms with Crippen LogP contribution in [-0.2, 0) is 21.4 Å². The van der Waals surface area contributed by atoms with Crippen molar-refractivity contribution in [3.8, 4) is 0 Å². The predicted octanol–water partition coefficient (Wildman–Crippen LogP) is 4.60. The number of anilines is 1. The first-order valence-corrected chi connectivity index (χ1v) is 13.4. The smallest absolute Gasteiger partial charge is 0.263 e. The molecule has 34 heavy (non-hydrogen) atoms. The quantitative estimate of drug-likeness (QED) is 0.403. The highest BCUT2D eigenvalue weighted by Gasteiger charge is 2.25. The van der Waals surface area contributed by atoms with Gasteiger partial charge in [-0.15, -0.1) is 0 Å². The minimum absolute atomic E-state index is 0. The van der Waals surface area contributed by atoms with Crippen LogP contribution in [0.5, 0.6) is 0 Å². The molecule has 1 fully saturated rings. The Hall–Kier alpha value is -2.95. The number of carbonyl (C=O) groups is 1. The fraction of sp³-hybridized carbons (Fsp3) is 0.261. The van der Waals surface area contributed by atoms with E-state index in [1.165, 1.54) is 6.33 Å². The lowest BCUT2D eigenvalue weighted by Crippen LogP contribution is -2.39. The van der Waals surface area contributed by atoms with Gasteiger partial charge in [0.1, 0.15) is 12.9 Å². The molecule has 0 radical (unpaired) electrons. The zero-order valence-electron chi connectivity index (χ0n) is 18.1. The van der Waals surface area contributed by atoms with Gasteiger partial charge >= 0.3 is 0 Å². The molecule has 0 spiro atoms. The lowest BCUT2D eigenvalue weighted by atomic mass is 9.89. The van der Waals surface area contributed by atoms with Gasteiger partial charge in [-0.2, -0.15) is 4.37 Å². The van der Waals surface area contributed by atoms with Crippen LogP contribution in [0.25, 0.3) is 10.9 Å². The van der Waals surface area contributed by atoms with Crippen molar-refractivity contribution in [2.24, 2.45) is 0 Å².